The molecular formula is C23H28N4O2. The molecule has 0 unspecified atom stereocenters. The minimum absolute atomic E-state index is 0.0594. The van der Waals surface area contributed by atoms with Gasteiger partial charge in [0.1, 0.15) is 0 Å². The van der Waals surface area contributed by atoms with E-state index in [1.54, 1.807) is 6.07 Å². The number of hydrogen-bond acceptors (Lipinski definition) is 4. The number of amides is 1. The Kier molecular flexibility index (Phi) is 5.03. The lowest BCUT2D eigenvalue weighted by atomic mass is 9.74. The van der Waals surface area contributed by atoms with E-state index in [0.717, 1.165) is 30.6 Å². The van der Waals surface area contributed by atoms with Crippen molar-refractivity contribution in [3.63, 3.8) is 0 Å². The van der Waals surface area contributed by atoms with Crippen molar-refractivity contribution in [2.75, 3.05) is 0 Å². The molecule has 2 heterocycles. The summed E-state index contributed by atoms with van der Waals surface area (Å²) in [4.78, 5) is 12.8. The zero-order valence-electron chi connectivity index (χ0n) is 17.5. The van der Waals surface area contributed by atoms with Crippen molar-refractivity contribution in [2.24, 2.45) is 5.41 Å². The highest BCUT2D eigenvalue weighted by atomic mass is 16.5. The number of benzene rings is 1. The number of rotatable bonds is 5. The molecule has 0 fully saturated rings. The second-order valence-electron chi connectivity index (χ2n) is 9.03. The van der Waals surface area contributed by atoms with Crippen molar-refractivity contribution in [2.45, 2.75) is 59.0 Å². The van der Waals surface area contributed by atoms with Gasteiger partial charge in [-0.25, -0.2) is 0 Å². The van der Waals surface area contributed by atoms with Crippen LogP contribution in [0.15, 0.2) is 47.1 Å². The lowest BCUT2D eigenvalue weighted by molar-refractivity contribution is 0.0881. The van der Waals surface area contributed by atoms with Crippen molar-refractivity contribution in [3.8, 4) is 0 Å². The van der Waals surface area contributed by atoms with Gasteiger partial charge in [0.05, 0.1) is 24.5 Å². The van der Waals surface area contributed by atoms with Crippen LogP contribution in [-0.4, -0.2) is 20.8 Å². The Balaban J connectivity index is 1.58. The predicted octanol–water partition coefficient (Wildman–Crippen LogP) is 4.49. The first-order valence-corrected chi connectivity index (χ1v) is 10.2. The van der Waals surface area contributed by atoms with Crippen LogP contribution >= 0.6 is 0 Å². The molecule has 0 aliphatic heterocycles. The summed E-state index contributed by atoms with van der Waals surface area (Å²) in [6.45, 7) is 9.25. The second-order valence-corrected chi connectivity index (χ2v) is 9.03. The number of aromatic nitrogens is 3. The normalized spacial score (nSPS) is 17.9. The predicted molar refractivity (Wildman–Crippen MR) is 111 cm³/mol. The number of hydrogen-bond donors (Lipinski definition) is 1. The van der Waals surface area contributed by atoms with Crippen molar-refractivity contribution in [3.05, 3.63) is 70.9 Å². The molecule has 29 heavy (non-hydrogen) atoms. The standard InChI is InChI=1S/C23H28N4O2/c1-15(2)18-10-21(29-26-18)22(28)25-19-11-23(3,4)12-20-17(19)13-24-27(20)14-16-8-6-5-7-9-16/h5-10,13,15,19H,11-12,14H2,1-4H3,(H,25,28)/t19-/m0/s1. The fraction of sp³-hybridized carbons (Fsp3) is 0.435. The largest absolute Gasteiger partial charge is 0.351 e. The minimum Gasteiger partial charge on any atom is -0.351 e. The topological polar surface area (TPSA) is 73.0 Å². The molecule has 1 aliphatic rings. The molecule has 2 aromatic heterocycles. The molecule has 6 nitrogen and oxygen atoms in total. The van der Waals surface area contributed by atoms with Crippen LogP contribution in [0.1, 0.15) is 79.1 Å². The zero-order valence-corrected chi connectivity index (χ0v) is 17.5. The summed E-state index contributed by atoms with van der Waals surface area (Å²) in [5.41, 5.74) is 4.35. The highest BCUT2D eigenvalue weighted by Gasteiger charge is 2.36. The molecule has 3 aromatic rings. The molecule has 0 saturated heterocycles. The highest BCUT2D eigenvalue weighted by molar-refractivity contribution is 5.91. The van der Waals surface area contributed by atoms with E-state index in [1.165, 1.54) is 11.3 Å². The van der Waals surface area contributed by atoms with Crippen molar-refractivity contribution in [1.82, 2.24) is 20.3 Å². The number of nitrogens with one attached hydrogen (secondary N) is 1. The van der Waals surface area contributed by atoms with E-state index in [0.29, 0.717) is 0 Å². The maximum Gasteiger partial charge on any atom is 0.290 e. The first-order chi connectivity index (χ1) is 13.8. The van der Waals surface area contributed by atoms with Crippen LogP contribution in [-0.2, 0) is 13.0 Å². The monoisotopic (exact) mass is 392 g/mol. The van der Waals surface area contributed by atoms with Crippen molar-refractivity contribution >= 4 is 5.91 Å². The fourth-order valence-corrected chi connectivity index (χ4v) is 4.02. The lowest BCUT2D eigenvalue weighted by Gasteiger charge is -2.35. The van der Waals surface area contributed by atoms with Crippen molar-refractivity contribution < 1.29 is 9.32 Å². The lowest BCUT2D eigenvalue weighted by Crippen LogP contribution is -2.36. The Morgan fingerprint density at radius 2 is 2.07 bits per heavy atom. The number of fused-ring (bicyclic) bond motifs is 1. The second kappa shape index (κ2) is 7.50. The Hall–Kier alpha value is -2.89. The first-order valence-electron chi connectivity index (χ1n) is 10.2. The molecule has 6 heteroatoms. The van der Waals surface area contributed by atoms with Crippen LogP contribution in [0.5, 0.6) is 0 Å². The van der Waals surface area contributed by atoms with Gasteiger partial charge < -0.3 is 9.84 Å². The molecule has 152 valence electrons. The molecule has 1 N–H and O–H groups in total. The van der Waals surface area contributed by atoms with E-state index in [4.69, 9.17) is 4.52 Å². The van der Waals surface area contributed by atoms with Gasteiger partial charge in [0.25, 0.3) is 5.91 Å². The van der Waals surface area contributed by atoms with Crippen LogP contribution in [0.3, 0.4) is 0 Å². The van der Waals surface area contributed by atoms with Gasteiger partial charge in [-0.05, 0) is 29.7 Å². The van der Waals surface area contributed by atoms with Crippen LogP contribution < -0.4 is 5.32 Å². The van der Waals surface area contributed by atoms with E-state index in [2.05, 4.69) is 46.2 Å². The summed E-state index contributed by atoms with van der Waals surface area (Å²) in [5.74, 6) is 0.251. The fourth-order valence-electron chi connectivity index (χ4n) is 4.02. The van der Waals surface area contributed by atoms with Crippen LogP contribution in [0.4, 0.5) is 0 Å². The minimum atomic E-state index is -0.228. The molecule has 0 saturated carbocycles. The third kappa shape index (κ3) is 4.11. The van der Waals surface area contributed by atoms with Gasteiger partial charge in [0, 0.05) is 17.3 Å². The highest BCUT2D eigenvalue weighted by Crippen LogP contribution is 2.41. The van der Waals surface area contributed by atoms with Gasteiger partial charge >= 0.3 is 0 Å². The van der Waals surface area contributed by atoms with Gasteiger partial charge in [0.15, 0.2) is 0 Å². The summed E-state index contributed by atoms with van der Waals surface area (Å²) in [6.07, 6.45) is 3.69. The number of nitrogens with zero attached hydrogens (tertiary/aromatic N) is 3. The Morgan fingerprint density at radius 1 is 1.31 bits per heavy atom. The van der Waals surface area contributed by atoms with Crippen LogP contribution in [0, 0.1) is 5.41 Å². The Morgan fingerprint density at radius 3 is 2.76 bits per heavy atom. The molecule has 1 aliphatic carbocycles. The molecule has 4 rings (SSSR count). The Bertz CT molecular complexity index is 1000. The number of carbonyl (C=O) groups excluding carboxylic acids is 1. The third-order valence-corrected chi connectivity index (χ3v) is 5.58. The van der Waals surface area contributed by atoms with Crippen LogP contribution in [0.2, 0.25) is 0 Å². The molecule has 1 aromatic carbocycles. The van der Waals surface area contributed by atoms with Crippen molar-refractivity contribution in [1.29, 1.82) is 0 Å². The zero-order chi connectivity index (χ0) is 20.6. The molecular weight excluding hydrogens is 364 g/mol. The summed E-state index contributed by atoms with van der Waals surface area (Å²) in [5, 5.41) is 11.8. The Labute approximate surface area is 171 Å². The van der Waals surface area contributed by atoms with Gasteiger partial charge in [0.2, 0.25) is 5.76 Å². The van der Waals surface area contributed by atoms with Gasteiger partial charge in [-0.3, -0.25) is 9.48 Å². The maximum absolute atomic E-state index is 12.8. The molecule has 0 bridgehead atoms. The summed E-state index contributed by atoms with van der Waals surface area (Å²) < 4.78 is 7.34. The van der Waals surface area contributed by atoms with Gasteiger partial charge in [-0.15, -0.1) is 0 Å². The summed E-state index contributed by atoms with van der Waals surface area (Å²) in [6, 6.07) is 12.0. The quantitative estimate of drug-likeness (QED) is 0.694. The first kappa shape index (κ1) is 19.4. The molecule has 0 radical (unpaired) electrons. The van der Waals surface area contributed by atoms with E-state index in [9.17, 15) is 4.79 Å². The van der Waals surface area contributed by atoms with E-state index in [-0.39, 0.29) is 29.0 Å². The van der Waals surface area contributed by atoms with E-state index in [1.807, 2.05) is 38.2 Å². The summed E-state index contributed by atoms with van der Waals surface area (Å²) in [7, 11) is 0. The average molecular weight is 393 g/mol. The molecule has 1 amide bonds. The smallest absolute Gasteiger partial charge is 0.290 e. The van der Waals surface area contributed by atoms with E-state index < -0.39 is 0 Å². The average Bonchev–Trinajstić information content (AvgIpc) is 3.30. The SMILES string of the molecule is CC(C)c1cc(C(=O)N[C@H]2CC(C)(C)Cc3c2cnn3Cc2ccccc2)on1. The maximum atomic E-state index is 12.8. The summed E-state index contributed by atoms with van der Waals surface area (Å²) >= 11 is 0. The third-order valence-electron chi connectivity index (χ3n) is 5.58. The van der Waals surface area contributed by atoms with Gasteiger partial charge in [-0.1, -0.05) is 63.2 Å². The van der Waals surface area contributed by atoms with Crippen LogP contribution in [0.25, 0.3) is 0 Å². The molecule has 0 spiro atoms. The molecule has 1 atom stereocenters. The van der Waals surface area contributed by atoms with E-state index >= 15 is 0 Å². The number of carbonyl (C=O) groups is 1. The van der Waals surface area contributed by atoms with Gasteiger partial charge in [-0.2, -0.15) is 5.10 Å².